The molecule has 0 saturated carbocycles. The maximum atomic E-state index is 12.8. The van der Waals surface area contributed by atoms with Crippen molar-refractivity contribution >= 4 is 52.2 Å². The zero-order valence-corrected chi connectivity index (χ0v) is 19.1. The van der Waals surface area contributed by atoms with Gasteiger partial charge in [-0.25, -0.2) is 0 Å². The molecule has 158 valence electrons. The lowest BCUT2D eigenvalue weighted by Crippen LogP contribution is -2.27. The van der Waals surface area contributed by atoms with E-state index in [1.54, 1.807) is 36.4 Å². The molecular formula is C22H21Cl2NO4S. The van der Waals surface area contributed by atoms with Crippen molar-refractivity contribution in [3.8, 4) is 11.5 Å². The zero-order chi connectivity index (χ0) is 21.8. The van der Waals surface area contributed by atoms with Crippen molar-refractivity contribution in [1.29, 1.82) is 0 Å². The minimum Gasteiger partial charge on any atom is -0.490 e. The molecule has 0 aromatic heterocycles. The average Bonchev–Trinajstić information content (AvgIpc) is 2.93. The van der Waals surface area contributed by atoms with Crippen LogP contribution in [-0.2, 0) is 11.3 Å². The maximum absolute atomic E-state index is 12.8. The van der Waals surface area contributed by atoms with E-state index in [0.717, 1.165) is 22.2 Å². The third-order valence-corrected chi connectivity index (χ3v) is 5.80. The van der Waals surface area contributed by atoms with Crippen LogP contribution in [0.1, 0.15) is 31.9 Å². The van der Waals surface area contributed by atoms with Crippen LogP contribution in [0, 0.1) is 0 Å². The van der Waals surface area contributed by atoms with Crippen molar-refractivity contribution in [3.05, 3.63) is 62.5 Å². The van der Waals surface area contributed by atoms with E-state index in [1.165, 1.54) is 0 Å². The number of benzene rings is 2. The lowest BCUT2D eigenvalue weighted by Gasteiger charge is -2.15. The maximum Gasteiger partial charge on any atom is 0.293 e. The fourth-order valence-electron chi connectivity index (χ4n) is 2.86. The molecule has 2 aromatic rings. The molecule has 0 radical (unpaired) electrons. The van der Waals surface area contributed by atoms with Gasteiger partial charge in [0.05, 0.1) is 24.2 Å². The van der Waals surface area contributed by atoms with Gasteiger partial charge in [0.1, 0.15) is 0 Å². The van der Waals surface area contributed by atoms with E-state index >= 15 is 0 Å². The molecule has 0 N–H and O–H groups in total. The smallest absolute Gasteiger partial charge is 0.293 e. The molecule has 1 aliphatic heterocycles. The van der Waals surface area contributed by atoms with Crippen molar-refractivity contribution in [2.24, 2.45) is 0 Å². The van der Waals surface area contributed by atoms with Crippen LogP contribution in [0.3, 0.4) is 0 Å². The van der Waals surface area contributed by atoms with Crippen LogP contribution in [-0.4, -0.2) is 28.8 Å². The molecule has 5 nitrogen and oxygen atoms in total. The standard InChI is InChI=1S/C22H21Cl2NO4S/c1-4-28-19-10-14(8-9-18(19)29-13(2)3)11-20-21(26)25(22(27)30-20)12-15-16(23)6-5-7-17(15)24/h5-11,13H,4,12H2,1-3H3/b20-11-. The lowest BCUT2D eigenvalue weighted by molar-refractivity contribution is -0.123. The number of carbonyl (C=O) groups is 2. The molecule has 0 spiro atoms. The highest BCUT2D eigenvalue weighted by molar-refractivity contribution is 8.18. The first kappa shape index (κ1) is 22.5. The summed E-state index contributed by atoms with van der Waals surface area (Å²) in [5.41, 5.74) is 1.27. The number of ether oxygens (including phenoxy) is 2. The Kier molecular flexibility index (Phi) is 7.34. The third kappa shape index (κ3) is 5.12. The summed E-state index contributed by atoms with van der Waals surface area (Å²) >= 11 is 13.3. The van der Waals surface area contributed by atoms with Crippen LogP contribution in [0.2, 0.25) is 10.0 Å². The number of halogens is 2. The van der Waals surface area contributed by atoms with E-state index in [0.29, 0.717) is 38.6 Å². The lowest BCUT2D eigenvalue weighted by atomic mass is 10.1. The van der Waals surface area contributed by atoms with Gasteiger partial charge in [0.25, 0.3) is 11.1 Å². The molecule has 0 aliphatic carbocycles. The summed E-state index contributed by atoms with van der Waals surface area (Å²) in [5, 5.41) is 0.451. The van der Waals surface area contributed by atoms with Crippen molar-refractivity contribution in [1.82, 2.24) is 4.90 Å². The molecule has 0 unspecified atom stereocenters. The molecule has 0 atom stereocenters. The molecule has 1 fully saturated rings. The molecule has 1 aliphatic rings. The molecule has 0 bridgehead atoms. The van der Waals surface area contributed by atoms with Gasteiger partial charge < -0.3 is 9.47 Å². The SMILES string of the molecule is CCOc1cc(/C=C2\SC(=O)N(Cc3c(Cl)cccc3Cl)C2=O)ccc1OC(C)C. The minimum atomic E-state index is -0.388. The number of hydrogen-bond donors (Lipinski definition) is 0. The second kappa shape index (κ2) is 9.77. The van der Waals surface area contributed by atoms with Crippen molar-refractivity contribution < 1.29 is 19.1 Å². The van der Waals surface area contributed by atoms with Gasteiger partial charge in [0.2, 0.25) is 0 Å². The van der Waals surface area contributed by atoms with Gasteiger partial charge in [-0.15, -0.1) is 0 Å². The quantitative estimate of drug-likeness (QED) is 0.441. The number of hydrogen-bond acceptors (Lipinski definition) is 5. The number of thioether (sulfide) groups is 1. The Morgan fingerprint density at radius 3 is 2.43 bits per heavy atom. The fourth-order valence-corrected chi connectivity index (χ4v) is 4.22. The fraction of sp³-hybridized carbons (Fsp3) is 0.273. The average molecular weight is 466 g/mol. The molecule has 30 heavy (non-hydrogen) atoms. The van der Waals surface area contributed by atoms with Crippen LogP contribution < -0.4 is 9.47 Å². The Bertz CT molecular complexity index is 986. The first-order chi connectivity index (χ1) is 14.3. The van der Waals surface area contributed by atoms with Gasteiger partial charge in [-0.3, -0.25) is 14.5 Å². The van der Waals surface area contributed by atoms with Crippen LogP contribution in [0.5, 0.6) is 11.5 Å². The Morgan fingerprint density at radius 2 is 1.80 bits per heavy atom. The van der Waals surface area contributed by atoms with Crippen LogP contribution in [0.25, 0.3) is 6.08 Å². The summed E-state index contributed by atoms with van der Waals surface area (Å²) in [4.78, 5) is 26.8. The predicted octanol–water partition coefficient (Wildman–Crippen LogP) is 6.42. The van der Waals surface area contributed by atoms with Crippen molar-refractivity contribution in [2.75, 3.05) is 6.61 Å². The first-order valence-electron chi connectivity index (χ1n) is 9.42. The second-order valence-electron chi connectivity index (χ2n) is 6.77. The molecule has 1 heterocycles. The van der Waals surface area contributed by atoms with E-state index < -0.39 is 0 Å². The van der Waals surface area contributed by atoms with E-state index in [-0.39, 0.29) is 23.8 Å². The summed E-state index contributed by atoms with van der Waals surface area (Å²) in [6.07, 6.45) is 1.67. The summed E-state index contributed by atoms with van der Waals surface area (Å²) < 4.78 is 11.4. The molecule has 2 aromatic carbocycles. The van der Waals surface area contributed by atoms with E-state index in [4.69, 9.17) is 32.7 Å². The Hall–Kier alpha value is -2.15. The summed E-state index contributed by atoms with van der Waals surface area (Å²) in [5.74, 6) is 0.828. The van der Waals surface area contributed by atoms with Gasteiger partial charge in [0.15, 0.2) is 11.5 Å². The normalized spacial score (nSPS) is 15.4. The van der Waals surface area contributed by atoms with Crippen molar-refractivity contribution in [3.63, 3.8) is 0 Å². The van der Waals surface area contributed by atoms with Gasteiger partial charge >= 0.3 is 0 Å². The second-order valence-corrected chi connectivity index (χ2v) is 8.58. The van der Waals surface area contributed by atoms with Crippen molar-refractivity contribution in [2.45, 2.75) is 33.4 Å². The zero-order valence-electron chi connectivity index (χ0n) is 16.8. The number of nitrogens with zero attached hydrogens (tertiary/aromatic N) is 1. The predicted molar refractivity (Wildman–Crippen MR) is 121 cm³/mol. The highest BCUT2D eigenvalue weighted by Crippen LogP contribution is 2.37. The van der Waals surface area contributed by atoms with Crippen LogP contribution >= 0.6 is 35.0 Å². The number of amides is 2. The van der Waals surface area contributed by atoms with Crippen LogP contribution in [0.15, 0.2) is 41.3 Å². The Labute approximate surface area is 189 Å². The summed E-state index contributed by atoms with van der Waals surface area (Å²) in [6, 6.07) is 10.5. The van der Waals surface area contributed by atoms with Gasteiger partial charge in [-0.05, 0) is 68.4 Å². The molecule has 8 heteroatoms. The molecular weight excluding hydrogens is 445 g/mol. The third-order valence-electron chi connectivity index (χ3n) is 4.18. The van der Waals surface area contributed by atoms with E-state index in [2.05, 4.69) is 0 Å². The topological polar surface area (TPSA) is 55.8 Å². The molecule has 3 rings (SSSR count). The summed E-state index contributed by atoms with van der Waals surface area (Å²) in [7, 11) is 0. The molecule has 2 amide bonds. The first-order valence-corrected chi connectivity index (χ1v) is 11.0. The largest absolute Gasteiger partial charge is 0.490 e. The highest BCUT2D eigenvalue weighted by Gasteiger charge is 2.35. The van der Waals surface area contributed by atoms with Gasteiger partial charge in [0, 0.05) is 15.6 Å². The monoisotopic (exact) mass is 465 g/mol. The number of carbonyl (C=O) groups excluding carboxylic acids is 2. The van der Waals surface area contributed by atoms with E-state index in [1.807, 2.05) is 26.8 Å². The van der Waals surface area contributed by atoms with Gasteiger partial charge in [-0.1, -0.05) is 35.3 Å². The van der Waals surface area contributed by atoms with Gasteiger partial charge in [-0.2, -0.15) is 0 Å². The number of imide groups is 1. The minimum absolute atomic E-state index is 0.00295. The van der Waals surface area contributed by atoms with E-state index in [9.17, 15) is 9.59 Å². The Balaban J connectivity index is 1.85. The highest BCUT2D eigenvalue weighted by atomic mass is 35.5. The Morgan fingerprint density at radius 1 is 1.10 bits per heavy atom. The number of rotatable bonds is 7. The molecule has 1 saturated heterocycles. The van der Waals surface area contributed by atoms with Crippen LogP contribution in [0.4, 0.5) is 4.79 Å². The summed E-state index contributed by atoms with van der Waals surface area (Å²) in [6.45, 7) is 6.26.